The second-order valence-electron chi connectivity index (χ2n) is 5.34. The standard InChI is InChI=1S/C19H19Cl2NO3/c1-12(16-7-5-14(20)11-17(16)21)22-19(23)9-4-13-10-15(24-2)6-8-18(13)25-3/h4-12H,1-3H3,(H,22,23)/b9-4+/t12-/m1/s1. The van der Waals surface area contributed by atoms with E-state index in [4.69, 9.17) is 32.7 Å². The molecule has 0 saturated carbocycles. The molecule has 4 nitrogen and oxygen atoms in total. The van der Waals surface area contributed by atoms with Crippen molar-refractivity contribution in [1.29, 1.82) is 0 Å². The molecule has 1 amide bonds. The minimum Gasteiger partial charge on any atom is -0.497 e. The molecule has 0 unspecified atom stereocenters. The van der Waals surface area contributed by atoms with Crippen LogP contribution in [-0.4, -0.2) is 20.1 Å². The molecule has 1 atom stereocenters. The van der Waals surface area contributed by atoms with Crippen LogP contribution < -0.4 is 14.8 Å². The maximum Gasteiger partial charge on any atom is 0.244 e. The molecule has 0 fully saturated rings. The van der Waals surface area contributed by atoms with E-state index in [1.807, 2.05) is 6.92 Å². The van der Waals surface area contributed by atoms with Crippen LogP contribution >= 0.6 is 23.2 Å². The Kier molecular flexibility index (Phi) is 6.73. The Bertz CT molecular complexity index is 790. The fourth-order valence-electron chi connectivity index (χ4n) is 2.33. The number of hydrogen-bond acceptors (Lipinski definition) is 3. The quantitative estimate of drug-likeness (QED) is 0.725. The molecule has 0 aliphatic heterocycles. The number of ether oxygens (including phenoxy) is 2. The van der Waals surface area contributed by atoms with E-state index >= 15 is 0 Å². The zero-order valence-electron chi connectivity index (χ0n) is 14.2. The average molecular weight is 380 g/mol. The van der Waals surface area contributed by atoms with Crippen LogP contribution in [-0.2, 0) is 4.79 Å². The number of rotatable bonds is 6. The van der Waals surface area contributed by atoms with E-state index in [0.717, 1.165) is 11.1 Å². The minimum absolute atomic E-state index is 0.247. The van der Waals surface area contributed by atoms with E-state index in [0.29, 0.717) is 21.5 Å². The Morgan fingerprint density at radius 3 is 2.52 bits per heavy atom. The summed E-state index contributed by atoms with van der Waals surface area (Å²) >= 11 is 12.1. The number of methoxy groups -OCH3 is 2. The summed E-state index contributed by atoms with van der Waals surface area (Å²) in [6.45, 7) is 1.85. The third kappa shape index (κ3) is 5.15. The number of amides is 1. The summed E-state index contributed by atoms with van der Waals surface area (Å²) in [5.41, 5.74) is 1.54. The summed E-state index contributed by atoms with van der Waals surface area (Å²) in [4.78, 5) is 12.2. The lowest BCUT2D eigenvalue weighted by Gasteiger charge is -2.15. The first-order valence-electron chi connectivity index (χ1n) is 7.60. The predicted molar refractivity (Wildman–Crippen MR) is 102 cm³/mol. The monoisotopic (exact) mass is 379 g/mol. The molecule has 6 heteroatoms. The molecule has 1 N–H and O–H groups in total. The van der Waals surface area contributed by atoms with E-state index in [2.05, 4.69) is 5.32 Å². The molecule has 0 heterocycles. The molecule has 0 saturated heterocycles. The number of carbonyl (C=O) groups excluding carboxylic acids is 1. The van der Waals surface area contributed by atoms with Crippen LogP contribution in [0, 0.1) is 0 Å². The van der Waals surface area contributed by atoms with Gasteiger partial charge in [-0.05, 0) is 48.9 Å². The van der Waals surface area contributed by atoms with E-state index < -0.39 is 0 Å². The summed E-state index contributed by atoms with van der Waals surface area (Å²) in [6, 6.07) is 10.3. The van der Waals surface area contributed by atoms with Crippen LogP contribution in [0.25, 0.3) is 6.08 Å². The van der Waals surface area contributed by atoms with Crippen molar-refractivity contribution in [3.05, 3.63) is 63.6 Å². The molecule has 0 aliphatic rings. The lowest BCUT2D eigenvalue weighted by Crippen LogP contribution is -2.24. The summed E-state index contributed by atoms with van der Waals surface area (Å²) in [5.74, 6) is 1.09. The van der Waals surface area contributed by atoms with Gasteiger partial charge in [0, 0.05) is 21.7 Å². The Hall–Kier alpha value is -2.17. The second-order valence-corrected chi connectivity index (χ2v) is 6.18. The SMILES string of the molecule is COc1ccc(OC)c(/C=C/C(=O)N[C@H](C)c2ccc(Cl)cc2Cl)c1. The van der Waals surface area contributed by atoms with E-state index in [-0.39, 0.29) is 11.9 Å². The van der Waals surface area contributed by atoms with Gasteiger partial charge in [-0.15, -0.1) is 0 Å². The van der Waals surface area contributed by atoms with Crippen molar-refractivity contribution in [1.82, 2.24) is 5.32 Å². The van der Waals surface area contributed by atoms with Gasteiger partial charge in [0.05, 0.1) is 20.3 Å². The molecule has 0 spiro atoms. The molecular weight excluding hydrogens is 361 g/mol. The van der Waals surface area contributed by atoms with E-state index in [1.54, 1.807) is 56.7 Å². The van der Waals surface area contributed by atoms with Gasteiger partial charge in [0.1, 0.15) is 11.5 Å². The third-order valence-corrected chi connectivity index (χ3v) is 4.20. The van der Waals surface area contributed by atoms with Gasteiger partial charge in [-0.2, -0.15) is 0 Å². The highest BCUT2D eigenvalue weighted by Crippen LogP contribution is 2.27. The highest BCUT2D eigenvalue weighted by atomic mass is 35.5. The first-order valence-corrected chi connectivity index (χ1v) is 8.35. The first kappa shape index (κ1) is 19.2. The lowest BCUT2D eigenvalue weighted by molar-refractivity contribution is -0.117. The van der Waals surface area contributed by atoms with Crippen LogP contribution in [0.5, 0.6) is 11.5 Å². The molecule has 0 radical (unpaired) electrons. The minimum atomic E-state index is -0.255. The lowest BCUT2D eigenvalue weighted by atomic mass is 10.1. The van der Waals surface area contributed by atoms with Gasteiger partial charge in [0.15, 0.2) is 0 Å². The molecule has 0 aliphatic carbocycles. The Morgan fingerprint density at radius 1 is 1.12 bits per heavy atom. The molecular formula is C19H19Cl2NO3. The van der Waals surface area contributed by atoms with Gasteiger partial charge >= 0.3 is 0 Å². The zero-order valence-corrected chi connectivity index (χ0v) is 15.7. The first-order chi connectivity index (χ1) is 11.9. The van der Waals surface area contributed by atoms with Gasteiger partial charge in [0.2, 0.25) is 5.91 Å². The Balaban J connectivity index is 2.10. The van der Waals surface area contributed by atoms with Crippen LogP contribution in [0.3, 0.4) is 0 Å². The summed E-state index contributed by atoms with van der Waals surface area (Å²) in [5, 5.41) is 3.93. The molecule has 25 heavy (non-hydrogen) atoms. The molecule has 2 aromatic rings. The van der Waals surface area contributed by atoms with Gasteiger partial charge < -0.3 is 14.8 Å². The Morgan fingerprint density at radius 2 is 1.88 bits per heavy atom. The highest BCUT2D eigenvalue weighted by Gasteiger charge is 2.12. The smallest absolute Gasteiger partial charge is 0.244 e. The molecule has 2 aromatic carbocycles. The van der Waals surface area contributed by atoms with Crippen LogP contribution in [0.15, 0.2) is 42.5 Å². The fraction of sp³-hybridized carbons (Fsp3) is 0.211. The molecule has 0 aromatic heterocycles. The second kappa shape index (κ2) is 8.79. The van der Waals surface area contributed by atoms with Crippen molar-refractivity contribution in [2.45, 2.75) is 13.0 Å². The number of halogens is 2. The van der Waals surface area contributed by atoms with E-state index in [1.165, 1.54) is 6.08 Å². The van der Waals surface area contributed by atoms with Crippen molar-refractivity contribution >= 4 is 35.2 Å². The van der Waals surface area contributed by atoms with Crippen LogP contribution in [0.1, 0.15) is 24.1 Å². The number of nitrogens with one attached hydrogen (secondary N) is 1. The maximum absolute atomic E-state index is 12.2. The zero-order chi connectivity index (χ0) is 18.4. The molecule has 0 bridgehead atoms. The summed E-state index contributed by atoms with van der Waals surface area (Å²) in [7, 11) is 3.16. The number of carbonyl (C=O) groups is 1. The van der Waals surface area contributed by atoms with Crippen molar-refractivity contribution in [2.75, 3.05) is 14.2 Å². The van der Waals surface area contributed by atoms with E-state index in [9.17, 15) is 4.79 Å². The Labute approximate surface area is 157 Å². The predicted octanol–water partition coefficient (Wildman–Crippen LogP) is 4.90. The van der Waals surface area contributed by atoms with Gasteiger partial charge in [-0.1, -0.05) is 29.3 Å². The van der Waals surface area contributed by atoms with Crippen molar-refractivity contribution < 1.29 is 14.3 Å². The van der Waals surface area contributed by atoms with Crippen molar-refractivity contribution in [2.24, 2.45) is 0 Å². The molecule has 132 valence electrons. The largest absolute Gasteiger partial charge is 0.497 e. The maximum atomic E-state index is 12.2. The van der Waals surface area contributed by atoms with Gasteiger partial charge in [-0.3, -0.25) is 4.79 Å². The highest BCUT2D eigenvalue weighted by molar-refractivity contribution is 6.35. The van der Waals surface area contributed by atoms with Gasteiger partial charge in [0.25, 0.3) is 0 Å². The van der Waals surface area contributed by atoms with Crippen molar-refractivity contribution in [3.63, 3.8) is 0 Å². The average Bonchev–Trinajstić information content (AvgIpc) is 2.59. The molecule has 2 rings (SSSR count). The fourth-order valence-corrected chi connectivity index (χ4v) is 2.90. The third-order valence-electron chi connectivity index (χ3n) is 3.64. The number of hydrogen-bond donors (Lipinski definition) is 1. The summed E-state index contributed by atoms with van der Waals surface area (Å²) in [6.07, 6.45) is 3.12. The summed E-state index contributed by atoms with van der Waals surface area (Å²) < 4.78 is 10.5. The van der Waals surface area contributed by atoms with Crippen LogP contribution in [0.2, 0.25) is 10.0 Å². The van der Waals surface area contributed by atoms with Crippen LogP contribution in [0.4, 0.5) is 0 Å². The van der Waals surface area contributed by atoms with Crippen molar-refractivity contribution in [3.8, 4) is 11.5 Å². The van der Waals surface area contributed by atoms with Gasteiger partial charge in [-0.25, -0.2) is 0 Å². The topological polar surface area (TPSA) is 47.6 Å². The number of benzene rings is 2. The normalized spacial score (nSPS) is 12.0.